The number of aromatic carboxylic acids is 1. The number of nitrogens with one attached hydrogen (secondary N) is 1. The standard InChI is InChI=1S/C16H14BrNO5/c1-22-13-8-11(17)7-12(15(19)20)14(13)18-16(21)23-9-10-5-3-2-4-6-10/h2-8H,9H2,1H3,(H,18,21)(H,19,20). The first kappa shape index (κ1) is 16.8. The van der Waals surface area contributed by atoms with Crippen LogP contribution in [-0.2, 0) is 11.3 Å². The molecule has 2 aromatic carbocycles. The molecule has 120 valence electrons. The molecule has 0 spiro atoms. The molecule has 0 saturated heterocycles. The molecule has 0 heterocycles. The second-order valence-electron chi connectivity index (χ2n) is 4.52. The maximum Gasteiger partial charge on any atom is 0.412 e. The molecule has 0 bridgehead atoms. The summed E-state index contributed by atoms with van der Waals surface area (Å²) in [7, 11) is 1.38. The Balaban J connectivity index is 2.15. The Bertz CT molecular complexity index is 718. The molecule has 0 saturated carbocycles. The zero-order valence-electron chi connectivity index (χ0n) is 12.2. The molecule has 0 aliphatic rings. The van der Waals surface area contributed by atoms with Gasteiger partial charge in [-0.3, -0.25) is 5.32 Å². The first-order valence-corrected chi connectivity index (χ1v) is 7.39. The highest BCUT2D eigenvalue weighted by Gasteiger charge is 2.19. The van der Waals surface area contributed by atoms with Crippen LogP contribution in [-0.4, -0.2) is 24.3 Å². The molecule has 2 rings (SSSR count). The molecule has 2 aromatic rings. The average Bonchev–Trinajstić information content (AvgIpc) is 2.54. The lowest BCUT2D eigenvalue weighted by Crippen LogP contribution is -2.17. The van der Waals surface area contributed by atoms with Gasteiger partial charge in [-0.2, -0.15) is 0 Å². The molecule has 0 aliphatic heterocycles. The van der Waals surface area contributed by atoms with E-state index in [-0.39, 0.29) is 23.6 Å². The number of halogens is 1. The van der Waals surface area contributed by atoms with Crippen LogP contribution in [0.5, 0.6) is 5.75 Å². The number of rotatable bonds is 5. The number of carbonyl (C=O) groups excluding carboxylic acids is 1. The minimum absolute atomic E-state index is 0.0428. The van der Waals surface area contributed by atoms with E-state index in [1.165, 1.54) is 13.2 Å². The number of carboxylic acid groups (broad SMARTS) is 1. The molecule has 0 atom stereocenters. The molecular weight excluding hydrogens is 366 g/mol. The van der Waals surface area contributed by atoms with Crippen molar-refractivity contribution in [3.8, 4) is 5.75 Å². The van der Waals surface area contributed by atoms with Crippen LogP contribution in [0.3, 0.4) is 0 Å². The number of carbonyl (C=O) groups is 2. The Hall–Kier alpha value is -2.54. The maximum absolute atomic E-state index is 11.9. The minimum atomic E-state index is -1.19. The lowest BCUT2D eigenvalue weighted by atomic mass is 10.1. The number of ether oxygens (including phenoxy) is 2. The third kappa shape index (κ3) is 4.46. The van der Waals surface area contributed by atoms with Gasteiger partial charge in [-0.05, 0) is 17.7 Å². The Labute approximate surface area is 141 Å². The zero-order chi connectivity index (χ0) is 16.8. The van der Waals surface area contributed by atoms with Crippen molar-refractivity contribution < 1.29 is 24.2 Å². The molecule has 0 fully saturated rings. The van der Waals surface area contributed by atoms with Crippen molar-refractivity contribution >= 4 is 33.7 Å². The predicted octanol–water partition coefficient (Wildman–Crippen LogP) is 3.90. The maximum atomic E-state index is 11.9. The van der Waals surface area contributed by atoms with Gasteiger partial charge >= 0.3 is 12.1 Å². The fraction of sp³-hybridized carbons (Fsp3) is 0.125. The zero-order valence-corrected chi connectivity index (χ0v) is 13.8. The van der Waals surface area contributed by atoms with Gasteiger partial charge in [0, 0.05) is 4.47 Å². The monoisotopic (exact) mass is 379 g/mol. The Kier molecular flexibility index (Phi) is 5.59. The summed E-state index contributed by atoms with van der Waals surface area (Å²) in [6, 6.07) is 12.1. The highest BCUT2D eigenvalue weighted by atomic mass is 79.9. The molecular formula is C16H14BrNO5. The van der Waals surface area contributed by atoms with Gasteiger partial charge in [-0.15, -0.1) is 0 Å². The number of hydrogen-bond acceptors (Lipinski definition) is 4. The first-order chi connectivity index (χ1) is 11.0. The van der Waals surface area contributed by atoms with Crippen molar-refractivity contribution in [1.82, 2.24) is 0 Å². The fourth-order valence-electron chi connectivity index (χ4n) is 1.90. The minimum Gasteiger partial charge on any atom is -0.495 e. The van der Waals surface area contributed by atoms with Gasteiger partial charge in [-0.25, -0.2) is 9.59 Å². The third-order valence-electron chi connectivity index (χ3n) is 2.96. The fourth-order valence-corrected chi connectivity index (χ4v) is 2.34. The topological polar surface area (TPSA) is 84.9 Å². The summed E-state index contributed by atoms with van der Waals surface area (Å²) in [5.74, 6) is -0.976. The Morgan fingerprint density at radius 2 is 1.91 bits per heavy atom. The molecule has 0 unspecified atom stereocenters. The number of amides is 1. The molecule has 0 radical (unpaired) electrons. The van der Waals surface area contributed by atoms with Crippen molar-refractivity contribution in [1.29, 1.82) is 0 Å². The third-order valence-corrected chi connectivity index (χ3v) is 3.41. The molecule has 23 heavy (non-hydrogen) atoms. The second-order valence-corrected chi connectivity index (χ2v) is 5.44. The van der Waals surface area contributed by atoms with Gasteiger partial charge in [0.05, 0.1) is 12.7 Å². The lowest BCUT2D eigenvalue weighted by molar-refractivity contribution is 0.0697. The first-order valence-electron chi connectivity index (χ1n) is 6.59. The summed E-state index contributed by atoms with van der Waals surface area (Å²) in [5.41, 5.74) is 0.762. The summed E-state index contributed by atoms with van der Waals surface area (Å²) >= 11 is 3.20. The van der Waals surface area contributed by atoms with Gasteiger partial charge in [0.15, 0.2) is 0 Å². The number of benzene rings is 2. The van der Waals surface area contributed by atoms with Crippen LogP contribution in [0, 0.1) is 0 Å². The van der Waals surface area contributed by atoms with E-state index in [1.54, 1.807) is 6.07 Å². The van der Waals surface area contributed by atoms with Crippen molar-refractivity contribution in [3.63, 3.8) is 0 Å². The quantitative estimate of drug-likeness (QED) is 0.822. The van der Waals surface area contributed by atoms with Crippen LogP contribution in [0.15, 0.2) is 46.9 Å². The van der Waals surface area contributed by atoms with Crippen LogP contribution in [0.25, 0.3) is 0 Å². The van der Waals surface area contributed by atoms with Crippen molar-refractivity contribution in [2.75, 3.05) is 12.4 Å². The van der Waals surface area contributed by atoms with Crippen LogP contribution >= 0.6 is 15.9 Å². The van der Waals surface area contributed by atoms with Crippen LogP contribution < -0.4 is 10.1 Å². The number of carboxylic acids is 1. The smallest absolute Gasteiger partial charge is 0.412 e. The Morgan fingerprint density at radius 3 is 2.52 bits per heavy atom. The molecule has 6 nitrogen and oxygen atoms in total. The van der Waals surface area contributed by atoms with E-state index in [9.17, 15) is 14.7 Å². The van der Waals surface area contributed by atoms with Gasteiger partial charge in [0.2, 0.25) is 0 Å². The van der Waals surface area contributed by atoms with Gasteiger partial charge in [0.1, 0.15) is 18.0 Å². The van der Waals surface area contributed by atoms with Crippen molar-refractivity contribution in [2.45, 2.75) is 6.61 Å². The van der Waals surface area contributed by atoms with E-state index < -0.39 is 12.1 Å². The highest BCUT2D eigenvalue weighted by Crippen LogP contribution is 2.32. The molecule has 2 N–H and O–H groups in total. The predicted molar refractivity (Wildman–Crippen MR) is 87.9 cm³/mol. The summed E-state index contributed by atoms with van der Waals surface area (Å²) in [6.45, 7) is 0.0773. The molecule has 0 aromatic heterocycles. The van der Waals surface area contributed by atoms with E-state index in [0.29, 0.717) is 4.47 Å². The van der Waals surface area contributed by atoms with Gasteiger partial charge in [-0.1, -0.05) is 46.3 Å². The van der Waals surface area contributed by atoms with E-state index >= 15 is 0 Å². The molecule has 0 aliphatic carbocycles. The van der Waals surface area contributed by atoms with E-state index in [1.807, 2.05) is 30.3 Å². The SMILES string of the molecule is COc1cc(Br)cc(C(=O)O)c1NC(=O)OCc1ccccc1. The summed E-state index contributed by atoms with van der Waals surface area (Å²) in [5, 5.41) is 11.7. The number of methoxy groups -OCH3 is 1. The van der Waals surface area contributed by atoms with Crippen LogP contribution in [0.2, 0.25) is 0 Å². The average molecular weight is 380 g/mol. The summed E-state index contributed by atoms with van der Waals surface area (Å²) in [4.78, 5) is 23.3. The Morgan fingerprint density at radius 1 is 1.22 bits per heavy atom. The van der Waals surface area contributed by atoms with E-state index in [4.69, 9.17) is 9.47 Å². The largest absolute Gasteiger partial charge is 0.495 e. The second kappa shape index (κ2) is 7.64. The summed E-state index contributed by atoms with van der Waals surface area (Å²) in [6.07, 6.45) is -0.767. The van der Waals surface area contributed by atoms with Crippen molar-refractivity contribution in [3.05, 3.63) is 58.1 Å². The summed E-state index contributed by atoms with van der Waals surface area (Å²) < 4.78 is 10.7. The van der Waals surface area contributed by atoms with Crippen LogP contribution in [0.4, 0.5) is 10.5 Å². The van der Waals surface area contributed by atoms with Gasteiger partial charge < -0.3 is 14.6 Å². The molecule has 7 heteroatoms. The highest BCUT2D eigenvalue weighted by molar-refractivity contribution is 9.10. The van der Waals surface area contributed by atoms with Crippen LogP contribution in [0.1, 0.15) is 15.9 Å². The number of hydrogen-bond donors (Lipinski definition) is 2. The van der Waals surface area contributed by atoms with E-state index in [0.717, 1.165) is 5.56 Å². The van der Waals surface area contributed by atoms with Gasteiger partial charge in [0.25, 0.3) is 0 Å². The van der Waals surface area contributed by atoms with E-state index in [2.05, 4.69) is 21.2 Å². The molecule has 1 amide bonds. The normalized spacial score (nSPS) is 10.0. The lowest BCUT2D eigenvalue weighted by Gasteiger charge is -2.14. The van der Waals surface area contributed by atoms with Crippen molar-refractivity contribution in [2.24, 2.45) is 0 Å². The number of anilines is 1.